The maximum absolute atomic E-state index is 10.8. The molecule has 0 aliphatic heterocycles. The van der Waals surface area contributed by atoms with E-state index >= 15 is 0 Å². The molecule has 2 N–H and O–H groups in total. The lowest BCUT2D eigenvalue weighted by Gasteiger charge is -2.40. The van der Waals surface area contributed by atoms with Crippen LogP contribution in [0.15, 0.2) is 18.2 Å². The van der Waals surface area contributed by atoms with Crippen LogP contribution in [0.1, 0.15) is 30.4 Å². The van der Waals surface area contributed by atoms with Crippen LogP contribution >= 0.6 is 0 Å². The second kappa shape index (κ2) is 3.87. The Labute approximate surface area is 94.6 Å². The van der Waals surface area contributed by atoms with Crippen molar-refractivity contribution in [2.24, 2.45) is 11.7 Å². The van der Waals surface area contributed by atoms with Crippen LogP contribution in [-0.2, 0) is 0 Å². The van der Waals surface area contributed by atoms with E-state index in [1.807, 2.05) is 12.1 Å². The molecule has 0 bridgehead atoms. The number of aryl methyl sites for hydroxylation is 1. The number of benzene rings is 1. The number of nitro groups is 1. The summed E-state index contributed by atoms with van der Waals surface area (Å²) in [5.74, 6) is 0.802. The van der Waals surface area contributed by atoms with Crippen molar-refractivity contribution in [2.45, 2.75) is 32.2 Å². The van der Waals surface area contributed by atoms with Gasteiger partial charge in [-0.3, -0.25) is 10.1 Å². The first-order chi connectivity index (χ1) is 7.50. The largest absolute Gasteiger partial charge is 0.327 e. The van der Waals surface area contributed by atoms with Gasteiger partial charge in [0.2, 0.25) is 0 Å². The molecule has 1 saturated carbocycles. The number of nitrogens with two attached hydrogens (primary N) is 1. The third-order valence-electron chi connectivity index (χ3n) is 3.69. The van der Waals surface area contributed by atoms with E-state index in [9.17, 15) is 10.1 Å². The zero-order chi connectivity index (χ0) is 11.9. The SMILES string of the molecule is Cc1ccc(C2CC(N)C2C)cc1[N+](=O)[O-]. The van der Waals surface area contributed by atoms with Gasteiger partial charge in [-0.15, -0.1) is 0 Å². The molecule has 86 valence electrons. The number of hydrogen-bond donors (Lipinski definition) is 1. The van der Waals surface area contributed by atoms with Crippen LogP contribution in [0.3, 0.4) is 0 Å². The van der Waals surface area contributed by atoms with E-state index in [-0.39, 0.29) is 16.7 Å². The molecule has 1 fully saturated rings. The molecule has 2 rings (SSSR count). The molecule has 1 aliphatic rings. The van der Waals surface area contributed by atoms with Gasteiger partial charge < -0.3 is 5.73 Å². The highest BCUT2D eigenvalue weighted by Crippen LogP contribution is 2.42. The van der Waals surface area contributed by atoms with Crippen molar-refractivity contribution >= 4 is 5.69 Å². The van der Waals surface area contributed by atoms with Gasteiger partial charge in [0.15, 0.2) is 0 Å². The minimum atomic E-state index is -0.317. The molecule has 0 heterocycles. The van der Waals surface area contributed by atoms with Gasteiger partial charge in [0.1, 0.15) is 0 Å². The van der Waals surface area contributed by atoms with Crippen molar-refractivity contribution in [1.29, 1.82) is 0 Å². The zero-order valence-electron chi connectivity index (χ0n) is 9.51. The van der Waals surface area contributed by atoms with Crippen molar-refractivity contribution in [1.82, 2.24) is 0 Å². The van der Waals surface area contributed by atoms with Crippen molar-refractivity contribution in [2.75, 3.05) is 0 Å². The lowest BCUT2D eigenvalue weighted by molar-refractivity contribution is -0.385. The third-order valence-corrected chi connectivity index (χ3v) is 3.69. The van der Waals surface area contributed by atoms with Gasteiger partial charge in [0.25, 0.3) is 5.69 Å². The maximum atomic E-state index is 10.8. The Balaban J connectivity index is 2.30. The molecule has 1 aromatic rings. The Hall–Kier alpha value is -1.42. The minimum Gasteiger partial charge on any atom is -0.327 e. The second-order valence-corrected chi connectivity index (χ2v) is 4.67. The monoisotopic (exact) mass is 220 g/mol. The Morgan fingerprint density at radius 3 is 2.69 bits per heavy atom. The summed E-state index contributed by atoms with van der Waals surface area (Å²) in [5.41, 5.74) is 7.82. The Morgan fingerprint density at radius 1 is 1.50 bits per heavy atom. The van der Waals surface area contributed by atoms with E-state index in [0.29, 0.717) is 17.4 Å². The molecule has 1 aromatic carbocycles. The highest BCUT2D eigenvalue weighted by molar-refractivity contribution is 5.44. The van der Waals surface area contributed by atoms with Gasteiger partial charge in [0, 0.05) is 17.7 Å². The molecule has 3 unspecified atom stereocenters. The molecule has 4 nitrogen and oxygen atoms in total. The van der Waals surface area contributed by atoms with Crippen LogP contribution in [0, 0.1) is 23.0 Å². The topological polar surface area (TPSA) is 69.2 Å². The smallest absolute Gasteiger partial charge is 0.272 e. The first-order valence-corrected chi connectivity index (χ1v) is 5.51. The van der Waals surface area contributed by atoms with E-state index in [1.54, 1.807) is 13.0 Å². The molecule has 0 amide bonds. The molecular weight excluding hydrogens is 204 g/mol. The summed E-state index contributed by atoms with van der Waals surface area (Å²) in [6, 6.07) is 5.74. The summed E-state index contributed by atoms with van der Waals surface area (Å²) < 4.78 is 0. The fourth-order valence-corrected chi connectivity index (χ4v) is 2.32. The third kappa shape index (κ3) is 1.69. The predicted octanol–water partition coefficient (Wildman–Crippen LogP) is 2.35. The standard InChI is InChI=1S/C12H16N2O2/c1-7-3-4-9(5-12(7)14(15)16)10-6-11(13)8(10)2/h3-5,8,10-11H,6,13H2,1-2H3. The Morgan fingerprint density at radius 2 is 2.19 bits per heavy atom. The number of nitrogens with zero attached hydrogens (tertiary/aromatic N) is 1. The van der Waals surface area contributed by atoms with Gasteiger partial charge in [-0.25, -0.2) is 0 Å². The molecule has 0 spiro atoms. The molecule has 4 heteroatoms. The van der Waals surface area contributed by atoms with Crippen LogP contribution in [0.5, 0.6) is 0 Å². The summed E-state index contributed by atoms with van der Waals surface area (Å²) in [4.78, 5) is 10.5. The van der Waals surface area contributed by atoms with Crippen molar-refractivity contribution < 1.29 is 4.92 Å². The maximum Gasteiger partial charge on any atom is 0.272 e. The first kappa shape index (κ1) is 11.1. The van der Waals surface area contributed by atoms with Crippen LogP contribution in [-0.4, -0.2) is 11.0 Å². The lowest BCUT2D eigenvalue weighted by atomic mass is 9.67. The van der Waals surface area contributed by atoms with Gasteiger partial charge in [-0.05, 0) is 30.7 Å². The normalized spacial score (nSPS) is 28.6. The van der Waals surface area contributed by atoms with E-state index in [1.165, 1.54) is 0 Å². The van der Waals surface area contributed by atoms with Crippen LogP contribution in [0.2, 0.25) is 0 Å². The Bertz CT molecular complexity index is 431. The number of nitro benzene ring substituents is 1. The fourth-order valence-electron chi connectivity index (χ4n) is 2.32. The van der Waals surface area contributed by atoms with Crippen molar-refractivity contribution in [3.8, 4) is 0 Å². The summed E-state index contributed by atoms with van der Waals surface area (Å²) in [6.07, 6.45) is 0.932. The van der Waals surface area contributed by atoms with E-state index < -0.39 is 0 Å². The highest BCUT2D eigenvalue weighted by atomic mass is 16.6. The van der Waals surface area contributed by atoms with Crippen LogP contribution < -0.4 is 5.73 Å². The molecule has 0 saturated heterocycles. The van der Waals surface area contributed by atoms with Gasteiger partial charge in [-0.1, -0.05) is 19.1 Å². The van der Waals surface area contributed by atoms with Crippen LogP contribution in [0.25, 0.3) is 0 Å². The zero-order valence-corrected chi connectivity index (χ0v) is 9.51. The summed E-state index contributed by atoms with van der Waals surface area (Å²) in [6.45, 7) is 3.86. The number of hydrogen-bond acceptors (Lipinski definition) is 3. The lowest BCUT2D eigenvalue weighted by Crippen LogP contribution is -2.44. The summed E-state index contributed by atoms with van der Waals surface area (Å²) in [5, 5.41) is 10.8. The number of rotatable bonds is 2. The average molecular weight is 220 g/mol. The molecule has 1 aliphatic carbocycles. The van der Waals surface area contributed by atoms with Gasteiger partial charge in [-0.2, -0.15) is 0 Å². The van der Waals surface area contributed by atoms with E-state index in [0.717, 1.165) is 12.0 Å². The van der Waals surface area contributed by atoms with Crippen LogP contribution in [0.4, 0.5) is 5.69 Å². The molecule has 16 heavy (non-hydrogen) atoms. The van der Waals surface area contributed by atoms with Gasteiger partial charge in [0.05, 0.1) is 4.92 Å². The summed E-state index contributed by atoms with van der Waals surface area (Å²) in [7, 11) is 0. The highest BCUT2D eigenvalue weighted by Gasteiger charge is 2.36. The molecule has 3 atom stereocenters. The predicted molar refractivity (Wildman–Crippen MR) is 62.3 cm³/mol. The Kier molecular flexibility index (Phi) is 2.68. The van der Waals surface area contributed by atoms with E-state index in [2.05, 4.69) is 6.92 Å². The quantitative estimate of drug-likeness (QED) is 0.614. The molecular formula is C12H16N2O2. The molecule has 0 radical (unpaired) electrons. The van der Waals surface area contributed by atoms with Crippen molar-refractivity contribution in [3.05, 3.63) is 39.4 Å². The van der Waals surface area contributed by atoms with Gasteiger partial charge >= 0.3 is 0 Å². The second-order valence-electron chi connectivity index (χ2n) is 4.67. The fraction of sp³-hybridized carbons (Fsp3) is 0.500. The first-order valence-electron chi connectivity index (χ1n) is 5.51. The minimum absolute atomic E-state index is 0.213. The summed E-state index contributed by atoms with van der Waals surface area (Å²) >= 11 is 0. The van der Waals surface area contributed by atoms with E-state index in [4.69, 9.17) is 5.73 Å². The average Bonchev–Trinajstić information content (AvgIpc) is 2.26. The van der Waals surface area contributed by atoms with Crippen molar-refractivity contribution in [3.63, 3.8) is 0 Å². The molecule has 0 aromatic heterocycles.